The van der Waals surface area contributed by atoms with Gasteiger partial charge in [0, 0.05) is 5.69 Å². The number of nitrogens with one attached hydrogen (secondary N) is 1. The molecule has 0 saturated heterocycles. The summed E-state index contributed by atoms with van der Waals surface area (Å²) >= 11 is 6.02. The Kier molecular flexibility index (Phi) is 4.29. The average Bonchev–Trinajstić information content (AvgIpc) is 2.48. The summed E-state index contributed by atoms with van der Waals surface area (Å²) in [6.07, 6.45) is 0. The Morgan fingerprint density at radius 1 is 1.25 bits per heavy atom. The van der Waals surface area contributed by atoms with E-state index in [0.717, 1.165) is 11.3 Å². The van der Waals surface area contributed by atoms with Crippen molar-refractivity contribution in [2.75, 3.05) is 11.9 Å². The highest BCUT2D eigenvalue weighted by Gasteiger charge is 2.25. The minimum Gasteiger partial charge on any atom is -0.394 e. The molecule has 20 heavy (non-hydrogen) atoms. The van der Waals surface area contributed by atoms with E-state index in [1.807, 2.05) is 43.3 Å². The third kappa shape index (κ3) is 2.93. The second kappa shape index (κ2) is 5.96. The standard InChI is InChI=1S/C16H15ClN2O/c1-16(11-20,13-5-3-2-4-6-13)19-14-8-7-12(10-18)15(17)9-14/h2-9,19-20H,11H2,1H3. The number of benzene rings is 2. The van der Waals surface area contributed by atoms with Crippen LogP contribution in [0.1, 0.15) is 18.1 Å². The van der Waals surface area contributed by atoms with Crippen LogP contribution in [0.15, 0.2) is 48.5 Å². The van der Waals surface area contributed by atoms with E-state index in [4.69, 9.17) is 16.9 Å². The Hall–Kier alpha value is -2.02. The molecule has 0 aliphatic heterocycles. The van der Waals surface area contributed by atoms with E-state index < -0.39 is 5.54 Å². The van der Waals surface area contributed by atoms with Gasteiger partial charge in [0.1, 0.15) is 6.07 Å². The molecule has 0 amide bonds. The molecule has 0 fully saturated rings. The van der Waals surface area contributed by atoms with E-state index in [1.165, 1.54) is 0 Å². The fraction of sp³-hybridized carbons (Fsp3) is 0.188. The third-order valence-corrected chi connectivity index (χ3v) is 3.55. The van der Waals surface area contributed by atoms with Crippen LogP contribution >= 0.6 is 11.6 Å². The van der Waals surface area contributed by atoms with Gasteiger partial charge in [-0.1, -0.05) is 41.9 Å². The van der Waals surface area contributed by atoms with Gasteiger partial charge in [0.25, 0.3) is 0 Å². The molecule has 1 unspecified atom stereocenters. The van der Waals surface area contributed by atoms with E-state index in [1.54, 1.807) is 18.2 Å². The molecule has 3 nitrogen and oxygen atoms in total. The van der Waals surface area contributed by atoms with Crippen LogP contribution in [0.2, 0.25) is 5.02 Å². The maximum atomic E-state index is 9.72. The topological polar surface area (TPSA) is 56.0 Å². The molecule has 2 N–H and O–H groups in total. The quantitative estimate of drug-likeness (QED) is 0.904. The Bertz CT molecular complexity index is 637. The molecule has 0 bridgehead atoms. The number of anilines is 1. The maximum absolute atomic E-state index is 9.72. The van der Waals surface area contributed by atoms with E-state index >= 15 is 0 Å². The second-order valence-corrected chi connectivity index (χ2v) is 5.19. The van der Waals surface area contributed by atoms with Gasteiger partial charge in [-0.25, -0.2) is 0 Å². The van der Waals surface area contributed by atoms with Crippen molar-refractivity contribution in [3.05, 3.63) is 64.7 Å². The van der Waals surface area contributed by atoms with Crippen molar-refractivity contribution < 1.29 is 5.11 Å². The molecular weight excluding hydrogens is 272 g/mol. The molecule has 4 heteroatoms. The molecule has 2 aromatic carbocycles. The zero-order valence-electron chi connectivity index (χ0n) is 11.1. The monoisotopic (exact) mass is 286 g/mol. The van der Waals surface area contributed by atoms with E-state index in [2.05, 4.69) is 5.32 Å². The highest BCUT2D eigenvalue weighted by Crippen LogP contribution is 2.28. The van der Waals surface area contributed by atoms with Gasteiger partial charge in [-0.15, -0.1) is 0 Å². The molecule has 0 spiro atoms. The van der Waals surface area contributed by atoms with Crippen molar-refractivity contribution in [3.63, 3.8) is 0 Å². The van der Waals surface area contributed by atoms with Crippen LogP contribution < -0.4 is 5.32 Å². The van der Waals surface area contributed by atoms with E-state index in [9.17, 15) is 5.11 Å². The zero-order valence-corrected chi connectivity index (χ0v) is 11.9. The first-order chi connectivity index (χ1) is 9.59. The van der Waals surface area contributed by atoms with Gasteiger partial charge in [-0.05, 0) is 30.7 Å². The average molecular weight is 287 g/mol. The molecule has 0 aliphatic carbocycles. The van der Waals surface area contributed by atoms with Crippen molar-refractivity contribution in [2.24, 2.45) is 0 Å². The van der Waals surface area contributed by atoms with Crippen LogP contribution in [-0.4, -0.2) is 11.7 Å². The fourth-order valence-electron chi connectivity index (χ4n) is 2.01. The summed E-state index contributed by atoms with van der Waals surface area (Å²) < 4.78 is 0. The summed E-state index contributed by atoms with van der Waals surface area (Å²) in [7, 11) is 0. The second-order valence-electron chi connectivity index (χ2n) is 4.79. The summed E-state index contributed by atoms with van der Waals surface area (Å²) in [5, 5.41) is 22.3. The predicted octanol–water partition coefficient (Wildman–Crippen LogP) is 3.53. The largest absolute Gasteiger partial charge is 0.394 e. The third-order valence-electron chi connectivity index (χ3n) is 3.24. The number of halogens is 1. The lowest BCUT2D eigenvalue weighted by atomic mass is 9.92. The predicted molar refractivity (Wildman–Crippen MR) is 80.7 cm³/mol. The normalized spacial score (nSPS) is 13.3. The lowest BCUT2D eigenvalue weighted by Gasteiger charge is -2.30. The van der Waals surface area contributed by atoms with Crippen LogP contribution in [0, 0.1) is 11.3 Å². The molecule has 0 heterocycles. The highest BCUT2D eigenvalue weighted by atomic mass is 35.5. The van der Waals surface area contributed by atoms with Gasteiger partial charge in [-0.3, -0.25) is 0 Å². The minimum atomic E-state index is -0.612. The smallest absolute Gasteiger partial charge is 0.101 e. The van der Waals surface area contributed by atoms with Gasteiger partial charge in [0.2, 0.25) is 0 Å². The summed E-state index contributed by atoms with van der Waals surface area (Å²) in [5.74, 6) is 0. The first-order valence-corrected chi connectivity index (χ1v) is 6.61. The van der Waals surface area contributed by atoms with Crippen LogP contribution in [0.3, 0.4) is 0 Å². The van der Waals surface area contributed by atoms with Crippen molar-refractivity contribution >= 4 is 17.3 Å². The number of aliphatic hydroxyl groups is 1. The molecule has 0 aliphatic rings. The van der Waals surface area contributed by atoms with Crippen LogP contribution in [0.25, 0.3) is 0 Å². The van der Waals surface area contributed by atoms with Gasteiger partial charge < -0.3 is 10.4 Å². The van der Waals surface area contributed by atoms with Crippen LogP contribution in [-0.2, 0) is 5.54 Å². The Morgan fingerprint density at radius 3 is 2.50 bits per heavy atom. The number of nitriles is 1. The van der Waals surface area contributed by atoms with Crippen molar-refractivity contribution in [2.45, 2.75) is 12.5 Å². The summed E-state index contributed by atoms with van der Waals surface area (Å²) in [6, 6.07) is 16.8. The molecule has 0 saturated carbocycles. The van der Waals surface area contributed by atoms with Crippen molar-refractivity contribution in [3.8, 4) is 6.07 Å². The molecule has 2 aromatic rings. The lowest BCUT2D eigenvalue weighted by Crippen LogP contribution is -2.35. The fourth-order valence-corrected chi connectivity index (χ4v) is 2.23. The van der Waals surface area contributed by atoms with Crippen molar-refractivity contribution in [1.29, 1.82) is 5.26 Å². The van der Waals surface area contributed by atoms with E-state index in [0.29, 0.717) is 10.6 Å². The van der Waals surface area contributed by atoms with Gasteiger partial charge in [0.15, 0.2) is 0 Å². The molecule has 0 aromatic heterocycles. The minimum absolute atomic E-state index is 0.0609. The van der Waals surface area contributed by atoms with Gasteiger partial charge in [-0.2, -0.15) is 5.26 Å². The molecule has 102 valence electrons. The van der Waals surface area contributed by atoms with E-state index in [-0.39, 0.29) is 6.61 Å². The highest BCUT2D eigenvalue weighted by molar-refractivity contribution is 6.32. The van der Waals surface area contributed by atoms with Crippen LogP contribution in [0.4, 0.5) is 5.69 Å². The first kappa shape index (κ1) is 14.4. The Labute approximate surface area is 123 Å². The molecular formula is C16H15ClN2O. The Morgan fingerprint density at radius 2 is 1.95 bits per heavy atom. The Balaban J connectivity index is 2.31. The van der Waals surface area contributed by atoms with Crippen molar-refractivity contribution in [1.82, 2.24) is 0 Å². The maximum Gasteiger partial charge on any atom is 0.101 e. The van der Waals surface area contributed by atoms with Gasteiger partial charge in [0.05, 0.1) is 22.7 Å². The van der Waals surface area contributed by atoms with Gasteiger partial charge >= 0.3 is 0 Å². The zero-order chi connectivity index (χ0) is 14.6. The molecule has 1 atom stereocenters. The summed E-state index contributed by atoms with van der Waals surface area (Å²) in [6.45, 7) is 1.85. The number of rotatable bonds is 4. The van der Waals surface area contributed by atoms with Crippen LogP contribution in [0.5, 0.6) is 0 Å². The molecule has 2 rings (SSSR count). The number of hydrogen-bond donors (Lipinski definition) is 2. The summed E-state index contributed by atoms with van der Waals surface area (Å²) in [5.41, 5.74) is 1.55. The number of hydrogen-bond acceptors (Lipinski definition) is 3. The SMILES string of the molecule is CC(CO)(Nc1ccc(C#N)c(Cl)c1)c1ccccc1. The lowest BCUT2D eigenvalue weighted by molar-refractivity contribution is 0.224. The number of nitrogens with zero attached hydrogens (tertiary/aromatic N) is 1. The number of aliphatic hydroxyl groups excluding tert-OH is 1. The summed E-state index contributed by atoms with van der Waals surface area (Å²) in [4.78, 5) is 0. The first-order valence-electron chi connectivity index (χ1n) is 6.23. The molecule has 0 radical (unpaired) electrons.